The molecule has 16 heavy (non-hydrogen) atoms. The summed E-state index contributed by atoms with van der Waals surface area (Å²) < 4.78 is 0. The molecule has 0 unspecified atom stereocenters. The average molecular weight is 217 g/mol. The molecule has 0 radical (unpaired) electrons. The predicted octanol–water partition coefficient (Wildman–Crippen LogP) is 3.87. The number of hydrogen-bond acceptors (Lipinski definition) is 1. The Hall–Kier alpha value is -0.820. The summed E-state index contributed by atoms with van der Waals surface area (Å²) in [6.45, 7) is 7.22. The van der Waals surface area contributed by atoms with Crippen LogP contribution in [0, 0.1) is 5.92 Å². The zero-order chi connectivity index (χ0) is 11.4. The minimum absolute atomic E-state index is 0.642. The third-order valence-electron chi connectivity index (χ3n) is 3.46. The SMILES string of the molecule is CC(C)C[C@H](c1ccccc1)N1CCCC1. The van der Waals surface area contributed by atoms with E-state index in [4.69, 9.17) is 0 Å². The quantitative estimate of drug-likeness (QED) is 0.740. The minimum Gasteiger partial charge on any atom is -0.296 e. The largest absolute Gasteiger partial charge is 0.296 e. The van der Waals surface area contributed by atoms with Gasteiger partial charge in [0.25, 0.3) is 0 Å². The Morgan fingerprint density at radius 1 is 1.06 bits per heavy atom. The van der Waals surface area contributed by atoms with Crippen LogP contribution in [0.4, 0.5) is 0 Å². The van der Waals surface area contributed by atoms with Crippen molar-refractivity contribution in [2.45, 2.75) is 39.2 Å². The summed E-state index contributed by atoms with van der Waals surface area (Å²) in [7, 11) is 0. The molecule has 0 N–H and O–H groups in total. The van der Waals surface area contributed by atoms with E-state index in [2.05, 4.69) is 49.1 Å². The van der Waals surface area contributed by atoms with E-state index in [-0.39, 0.29) is 0 Å². The Labute approximate surface area is 99.5 Å². The number of likely N-dealkylation sites (tertiary alicyclic amines) is 1. The Morgan fingerprint density at radius 3 is 2.25 bits per heavy atom. The van der Waals surface area contributed by atoms with Gasteiger partial charge in [-0.1, -0.05) is 44.2 Å². The third-order valence-corrected chi connectivity index (χ3v) is 3.46. The molecule has 1 nitrogen and oxygen atoms in total. The van der Waals surface area contributed by atoms with Gasteiger partial charge in [0.05, 0.1) is 0 Å². The molecule has 1 aromatic carbocycles. The van der Waals surface area contributed by atoms with Gasteiger partial charge in [-0.15, -0.1) is 0 Å². The van der Waals surface area contributed by atoms with Gasteiger partial charge in [-0.3, -0.25) is 4.90 Å². The van der Waals surface area contributed by atoms with E-state index in [9.17, 15) is 0 Å². The van der Waals surface area contributed by atoms with E-state index in [1.54, 1.807) is 0 Å². The number of nitrogens with zero attached hydrogens (tertiary/aromatic N) is 1. The number of rotatable bonds is 4. The molecule has 1 aromatic rings. The first kappa shape index (κ1) is 11.7. The molecule has 0 bridgehead atoms. The lowest BCUT2D eigenvalue weighted by atomic mass is 9.96. The number of hydrogen-bond donors (Lipinski definition) is 0. The monoisotopic (exact) mass is 217 g/mol. The van der Waals surface area contributed by atoms with Gasteiger partial charge in [0.15, 0.2) is 0 Å². The Bertz CT molecular complexity index is 298. The van der Waals surface area contributed by atoms with Crippen molar-refractivity contribution >= 4 is 0 Å². The van der Waals surface area contributed by atoms with Crippen molar-refractivity contribution in [2.24, 2.45) is 5.92 Å². The maximum atomic E-state index is 2.66. The summed E-state index contributed by atoms with van der Waals surface area (Å²) in [6, 6.07) is 11.7. The molecular formula is C15H23N. The van der Waals surface area contributed by atoms with E-state index in [1.165, 1.54) is 37.9 Å². The van der Waals surface area contributed by atoms with E-state index in [1.807, 2.05) is 0 Å². The third kappa shape index (κ3) is 2.85. The zero-order valence-corrected chi connectivity index (χ0v) is 10.5. The highest BCUT2D eigenvalue weighted by Crippen LogP contribution is 2.30. The molecule has 1 saturated heterocycles. The molecule has 1 aliphatic rings. The molecule has 1 heteroatoms. The lowest BCUT2D eigenvalue weighted by molar-refractivity contribution is 0.215. The van der Waals surface area contributed by atoms with Gasteiger partial charge in [-0.2, -0.15) is 0 Å². The average Bonchev–Trinajstić information content (AvgIpc) is 2.80. The fourth-order valence-corrected chi connectivity index (χ4v) is 2.67. The molecule has 1 fully saturated rings. The van der Waals surface area contributed by atoms with Crippen molar-refractivity contribution < 1.29 is 0 Å². The Morgan fingerprint density at radius 2 is 1.69 bits per heavy atom. The first-order valence-corrected chi connectivity index (χ1v) is 6.56. The van der Waals surface area contributed by atoms with E-state index in [0.29, 0.717) is 6.04 Å². The minimum atomic E-state index is 0.642. The first-order valence-electron chi connectivity index (χ1n) is 6.56. The van der Waals surface area contributed by atoms with Gasteiger partial charge in [-0.25, -0.2) is 0 Å². The topological polar surface area (TPSA) is 3.24 Å². The molecule has 88 valence electrons. The van der Waals surface area contributed by atoms with Crippen LogP contribution < -0.4 is 0 Å². The predicted molar refractivity (Wildman–Crippen MR) is 69.4 cm³/mol. The lowest BCUT2D eigenvalue weighted by Crippen LogP contribution is -2.26. The standard InChI is InChI=1S/C15H23N/c1-13(2)12-15(16-10-6-7-11-16)14-8-4-3-5-9-14/h3-5,8-9,13,15H,6-7,10-12H2,1-2H3/t15-/m1/s1. The Kier molecular flexibility index (Phi) is 4.00. The van der Waals surface area contributed by atoms with Crippen molar-refractivity contribution in [3.63, 3.8) is 0 Å². The summed E-state index contributed by atoms with van der Waals surface area (Å²) >= 11 is 0. The Balaban J connectivity index is 2.13. The van der Waals surface area contributed by atoms with E-state index >= 15 is 0 Å². The van der Waals surface area contributed by atoms with E-state index < -0.39 is 0 Å². The smallest absolute Gasteiger partial charge is 0.0350 e. The van der Waals surface area contributed by atoms with Crippen molar-refractivity contribution in [1.82, 2.24) is 4.90 Å². The molecule has 1 aliphatic heterocycles. The fraction of sp³-hybridized carbons (Fsp3) is 0.600. The van der Waals surface area contributed by atoms with Crippen LogP contribution in [-0.4, -0.2) is 18.0 Å². The van der Waals surface area contributed by atoms with E-state index in [0.717, 1.165) is 5.92 Å². The zero-order valence-electron chi connectivity index (χ0n) is 10.5. The highest BCUT2D eigenvalue weighted by molar-refractivity contribution is 5.19. The van der Waals surface area contributed by atoms with Gasteiger partial charge in [0.1, 0.15) is 0 Å². The van der Waals surface area contributed by atoms with Gasteiger partial charge in [-0.05, 0) is 43.8 Å². The van der Waals surface area contributed by atoms with Crippen LogP contribution in [0.5, 0.6) is 0 Å². The molecule has 0 spiro atoms. The van der Waals surface area contributed by atoms with Crippen LogP contribution >= 0.6 is 0 Å². The molecule has 1 atom stereocenters. The molecule has 0 aromatic heterocycles. The summed E-state index contributed by atoms with van der Waals surface area (Å²) in [5.41, 5.74) is 1.50. The molecule has 2 rings (SSSR count). The second-order valence-electron chi connectivity index (χ2n) is 5.30. The number of benzene rings is 1. The molecule has 0 aliphatic carbocycles. The highest BCUT2D eigenvalue weighted by Gasteiger charge is 2.23. The first-order chi connectivity index (χ1) is 7.77. The van der Waals surface area contributed by atoms with Gasteiger partial charge in [0.2, 0.25) is 0 Å². The highest BCUT2D eigenvalue weighted by atomic mass is 15.2. The molecule has 0 amide bonds. The van der Waals surface area contributed by atoms with Crippen molar-refractivity contribution in [3.05, 3.63) is 35.9 Å². The van der Waals surface area contributed by atoms with Crippen molar-refractivity contribution in [2.75, 3.05) is 13.1 Å². The fourth-order valence-electron chi connectivity index (χ4n) is 2.67. The second-order valence-corrected chi connectivity index (χ2v) is 5.30. The van der Waals surface area contributed by atoms with Crippen LogP contribution in [0.1, 0.15) is 44.7 Å². The van der Waals surface area contributed by atoms with Crippen LogP contribution in [0.15, 0.2) is 30.3 Å². The molecule has 0 saturated carbocycles. The summed E-state index contributed by atoms with van der Waals surface area (Å²) in [5.74, 6) is 0.769. The normalized spacial score (nSPS) is 19.2. The lowest BCUT2D eigenvalue weighted by Gasteiger charge is -2.29. The maximum absolute atomic E-state index is 2.66. The molecule has 1 heterocycles. The molecular weight excluding hydrogens is 194 g/mol. The summed E-state index contributed by atoms with van der Waals surface area (Å²) in [4.78, 5) is 2.66. The maximum Gasteiger partial charge on any atom is 0.0350 e. The van der Waals surface area contributed by atoms with Gasteiger partial charge in [0, 0.05) is 6.04 Å². The summed E-state index contributed by atoms with van der Waals surface area (Å²) in [6.07, 6.45) is 4.03. The second kappa shape index (κ2) is 5.49. The van der Waals surface area contributed by atoms with Gasteiger partial charge < -0.3 is 0 Å². The van der Waals surface area contributed by atoms with Crippen LogP contribution in [0.25, 0.3) is 0 Å². The van der Waals surface area contributed by atoms with Crippen LogP contribution in [0.2, 0.25) is 0 Å². The van der Waals surface area contributed by atoms with Crippen molar-refractivity contribution in [1.29, 1.82) is 0 Å². The van der Waals surface area contributed by atoms with Crippen LogP contribution in [-0.2, 0) is 0 Å². The summed E-state index contributed by atoms with van der Waals surface area (Å²) in [5, 5.41) is 0. The van der Waals surface area contributed by atoms with Crippen LogP contribution in [0.3, 0.4) is 0 Å². The van der Waals surface area contributed by atoms with Gasteiger partial charge >= 0.3 is 0 Å². The van der Waals surface area contributed by atoms with Crippen molar-refractivity contribution in [3.8, 4) is 0 Å².